The molecule has 0 saturated carbocycles. The van der Waals surface area contributed by atoms with Gasteiger partial charge in [-0.3, -0.25) is 9.69 Å². The Morgan fingerprint density at radius 3 is 2.20 bits per heavy atom. The molecule has 1 N–H and O–H groups in total. The van der Waals surface area contributed by atoms with Gasteiger partial charge in [0.2, 0.25) is 5.91 Å². The molecule has 0 radical (unpaired) electrons. The van der Waals surface area contributed by atoms with E-state index in [4.69, 9.17) is 17.0 Å². The number of aryl methyl sites for hydroxylation is 1. The normalized spacial score (nSPS) is 19.2. The summed E-state index contributed by atoms with van der Waals surface area (Å²) in [5.41, 5.74) is 4.14. The minimum atomic E-state index is -0.135. The van der Waals surface area contributed by atoms with Crippen molar-refractivity contribution in [3.63, 3.8) is 0 Å². The largest absolute Gasteiger partial charge is 0.497 e. The van der Waals surface area contributed by atoms with Gasteiger partial charge in [-0.1, -0.05) is 60.2 Å². The Bertz CT molecular complexity index is 1030. The number of benzene rings is 3. The number of para-hydroxylation sites is 1. The molecule has 0 unspecified atom stereocenters. The minimum absolute atomic E-state index is 0.0136. The fourth-order valence-corrected chi connectivity index (χ4v) is 4.23. The maximum Gasteiger partial charge on any atom is 0.234 e. The van der Waals surface area contributed by atoms with Crippen LogP contribution >= 0.6 is 12.2 Å². The Hall–Kier alpha value is -3.18. The third-order valence-corrected chi connectivity index (χ3v) is 5.82. The van der Waals surface area contributed by atoms with Gasteiger partial charge in [-0.05, 0) is 54.5 Å². The van der Waals surface area contributed by atoms with Gasteiger partial charge in [0.25, 0.3) is 0 Å². The maximum absolute atomic E-state index is 13.3. The fourth-order valence-electron chi connectivity index (χ4n) is 3.90. The van der Waals surface area contributed by atoms with Gasteiger partial charge in [0, 0.05) is 12.3 Å². The summed E-state index contributed by atoms with van der Waals surface area (Å²) in [7, 11) is 1.65. The number of carbonyl (C=O) groups excluding carboxylic acids is 1. The zero-order valence-corrected chi connectivity index (χ0v) is 17.9. The summed E-state index contributed by atoms with van der Waals surface area (Å²) in [6, 6.07) is 25.7. The molecule has 5 heteroatoms. The standard InChI is InChI=1S/C25H24N2O2S/c1-17-8-10-18(11-9-17)22-16-23(28)27(20-6-4-3-5-7-20)25(30)26-24(22)19-12-14-21(29-2)15-13-19/h3-15,22,24H,16H2,1-2H3,(H,26,30)/t22-,24-/m1/s1. The lowest BCUT2D eigenvalue weighted by molar-refractivity contribution is -0.118. The highest BCUT2D eigenvalue weighted by Crippen LogP contribution is 2.38. The van der Waals surface area contributed by atoms with E-state index >= 15 is 0 Å². The number of nitrogens with zero attached hydrogens (tertiary/aromatic N) is 1. The Balaban J connectivity index is 1.77. The van der Waals surface area contributed by atoms with Crippen LogP contribution in [-0.4, -0.2) is 18.1 Å². The van der Waals surface area contributed by atoms with Crippen LogP contribution < -0.4 is 15.0 Å². The summed E-state index contributed by atoms with van der Waals surface area (Å²) in [6.45, 7) is 2.06. The molecule has 1 aliphatic rings. The quantitative estimate of drug-likeness (QED) is 0.598. The molecule has 0 spiro atoms. The van der Waals surface area contributed by atoms with Gasteiger partial charge in [-0.15, -0.1) is 0 Å². The van der Waals surface area contributed by atoms with Crippen molar-refractivity contribution in [1.29, 1.82) is 0 Å². The molecule has 30 heavy (non-hydrogen) atoms. The van der Waals surface area contributed by atoms with Crippen molar-refractivity contribution in [2.75, 3.05) is 12.0 Å². The van der Waals surface area contributed by atoms with Gasteiger partial charge >= 0.3 is 0 Å². The van der Waals surface area contributed by atoms with Crippen LogP contribution in [0.5, 0.6) is 5.75 Å². The van der Waals surface area contributed by atoms with E-state index in [-0.39, 0.29) is 17.9 Å². The van der Waals surface area contributed by atoms with E-state index < -0.39 is 0 Å². The van der Waals surface area contributed by atoms with Gasteiger partial charge < -0.3 is 10.1 Å². The monoisotopic (exact) mass is 416 g/mol. The molecule has 4 nitrogen and oxygen atoms in total. The molecule has 3 aromatic rings. The van der Waals surface area contributed by atoms with Gasteiger partial charge in [-0.2, -0.15) is 0 Å². The second-order valence-corrected chi connectivity index (χ2v) is 7.87. The number of hydrogen-bond acceptors (Lipinski definition) is 3. The van der Waals surface area contributed by atoms with Crippen LogP contribution in [0.3, 0.4) is 0 Å². The first kappa shape index (κ1) is 20.1. The molecule has 0 aliphatic carbocycles. The number of amides is 1. The average molecular weight is 417 g/mol. The lowest BCUT2D eigenvalue weighted by Crippen LogP contribution is -2.42. The summed E-state index contributed by atoms with van der Waals surface area (Å²) in [4.78, 5) is 14.9. The van der Waals surface area contributed by atoms with Crippen LogP contribution in [0.2, 0.25) is 0 Å². The summed E-state index contributed by atoms with van der Waals surface area (Å²) in [6.07, 6.45) is 0.349. The molecule has 1 heterocycles. The topological polar surface area (TPSA) is 41.6 Å². The number of methoxy groups -OCH3 is 1. The van der Waals surface area contributed by atoms with Crippen LogP contribution in [0.15, 0.2) is 78.9 Å². The van der Waals surface area contributed by atoms with Crippen molar-refractivity contribution in [3.8, 4) is 5.75 Å². The molecule has 1 amide bonds. The molecular formula is C25H24N2O2S. The molecule has 0 bridgehead atoms. The first-order valence-electron chi connectivity index (χ1n) is 9.96. The van der Waals surface area contributed by atoms with Crippen LogP contribution in [0.4, 0.5) is 5.69 Å². The molecule has 1 fully saturated rings. The summed E-state index contributed by atoms with van der Waals surface area (Å²) < 4.78 is 5.31. The Kier molecular flexibility index (Phi) is 5.81. The van der Waals surface area contributed by atoms with Crippen molar-refractivity contribution in [3.05, 3.63) is 95.6 Å². The van der Waals surface area contributed by atoms with E-state index in [1.54, 1.807) is 12.0 Å². The lowest BCUT2D eigenvalue weighted by atomic mass is 9.84. The lowest BCUT2D eigenvalue weighted by Gasteiger charge is -2.27. The Morgan fingerprint density at radius 1 is 0.933 bits per heavy atom. The van der Waals surface area contributed by atoms with E-state index in [0.717, 1.165) is 22.6 Å². The second kappa shape index (κ2) is 8.67. The molecule has 2 atom stereocenters. The van der Waals surface area contributed by atoms with Crippen molar-refractivity contribution in [2.45, 2.75) is 25.3 Å². The summed E-state index contributed by atoms with van der Waals surface area (Å²) in [5, 5.41) is 3.89. The number of hydrogen-bond donors (Lipinski definition) is 1. The third kappa shape index (κ3) is 4.07. The number of ether oxygens (including phenoxy) is 1. The molecular weight excluding hydrogens is 392 g/mol. The molecule has 1 saturated heterocycles. The zero-order valence-electron chi connectivity index (χ0n) is 17.0. The second-order valence-electron chi connectivity index (χ2n) is 7.49. The molecule has 4 rings (SSSR count). The van der Waals surface area contributed by atoms with E-state index in [9.17, 15) is 4.79 Å². The van der Waals surface area contributed by atoms with Crippen LogP contribution in [0, 0.1) is 6.92 Å². The highest BCUT2D eigenvalue weighted by Gasteiger charge is 2.35. The Labute approximate surface area is 182 Å². The highest BCUT2D eigenvalue weighted by molar-refractivity contribution is 7.80. The van der Waals surface area contributed by atoms with Crippen LogP contribution in [0.25, 0.3) is 0 Å². The Morgan fingerprint density at radius 2 is 1.57 bits per heavy atom. The van der Waals surface area contributed by atoms with Crippen molar-refractivity contribution < 1.29 is 9.53 Å². The number of rotatable bonds is 4. The van der Waals surface area contributed by atoms with Gasteiger partial charge in [0.05, 0.1) is 18.8 Å². The minimum Gasteiger partial charge on any atom is -0.497 e. The van der Waals surface area contributed by atoms with Crippen LogP contribution in [0.1, 0.15) is 35.1 Å². The van der Waals surface area contributed by atoms with Crippen molar-refractivity contribution >= 4 is 28.9 Å². The maximum atomic E-state index is 13.3. The van der Waals surface area contributed by atoms with Crippen molar-refractivity contribution in [1.82, 2.24) is 5.32 Å². The fraction of sp³-hybridized carbons (Fsp3) is 0.200. The number of thiocarbonyl (C=S) groups is 1. The molecule has 152 valence electrons. The van der Waals surface area contributed by atoms with Gasteiger partial charge in [0.15, 0.2) is 5.11 Å². The first-order chi connectivity index (χ1) is 14.6. The number of anilines is 1. The van der Waals surface area contributed by atoms with Gasteiger partial charge in [-0.25, -0.2) is 0 Å². The van der Waals surface area contributed by atoms with Crippen molar-refractivity contribution in [2.24, 2.45) is 0 Å². The zero-order chi connectivity index (χ0) is 21.1. The molecule has 0 aromatic heterocycles. The van der Waals surface area contributed by atoms with E-state index in [1.807, 2.05) is 54.6 Å². The predicted molar refractivity (Wildman–Crippen MR) is 124 cm³/mol. The van der Waals surface area contributed by atoms with E-state index in [2.05, 4.69) is 36.5 Å². The van der Waals surface area contributed by atoms with E-state index in [1.165, 1.54) is 5.56 Å². The number of carbonyl (C=O) groups is 1. The summed E-state index contributed by atoms with van der Waals surface area (Å²) >= 11 is 5.69. The SMILES string of the molecule is COc1ccc([C@H]2NC(=S)N(c3ccccc3)C(=O)C[C@@H]2c2ccc(C)cc2)cc1. The third-order valence-electron chi connectivity index (χ3n) is 5.52. The molecule has 1 aliphatic heterocycles. The van der Waals surface area contributed by atoms with Gasteiger partial charge in [0.1, 0.15) is 5.75 Å². The van der Waals surface area contributed by atoms with Crippen LogP contribution in [-0.2, 0) is 4.79 Å². The number of nitrogens with one attached hydrogen (secondary N) is 1. The van der Waals surface area contributed by atoms with E-state index in [0.29, 0.717) is 11.5 Å². The molecule has 3 aromatic carbocycles. The predicted octanol–water partition coefficient (Wildman–Crippen LogP) is 5.14. The smallest absolute Gasteiger partial charge is 0.234 e. The highest BCUT2D eigenvalue weighted by atomic mass is 32.1. The summed E-state index contributed by atoms with van der Waals surface area (Å²) in [5.74, 6) is 0.724. The first-order valence-corrected chi connectivity index (χ1v) is 10.4. The average Bonchev–Trinajstić information content (AvgIpc) is 2.90.